The highest BCUT2D eigenvalue weighted by Gasteiger charge is 2.34. The maximum atomic E-state index is 12.9. The number of benzene rings is 2. The minimum Gasteiger partial charge on any atom is -0.346 e. The van der Waals surface area contributed by atoms with Gasteiger partial charge in [0.05, 0.1) is 28.5 Å². The van der Waals surface area contributed by atoms with Gasteiger partial charge in [-0.15, -0.1) is 4.68 Å². The van der Waals surface area contributed by atoms with Crippen LogP contribution in [0, 0.1) is 20.2 Å². The molecule has 4 rings (SSSR count). The van der Waals surface area contributed by atoms with Crippen LogP contribution >= 0.6 is 0 Å². The highest BCUT2D eigenvalue weighted by atomic mass is 16.6. The molecule has 170 valence electrons. The van der Waals surface area contributed by atoms with Gasteiger partial charge in [-0.3, -0.25) is 25.0 Å². The van der Waals surface area contributed by atoms with E-state index in [9.17, 15) is 25.0 Å². The first-order chi connectivity index (χ1) is 15.8. The fraction of sp³-hybridized carbons (Fsp3) is 0.318. The lowest BCUT2D eigenvalue weighted by Crippen LogP contribution is -2.54. The van der Waals surface area contributed by atoms with E-state index >= 15 is 0 Å². The Labute approximate surface area is 189 Å². The topological polar surface area (TPSA) is 137 Å². The van der Waals surface area contributed by atoms with E-state index in [1.165, 1.54) is 36.4 Å². The van der Waals surface area contributed by atoms with Crippen molar-refractivity contribution in [3.8, 4) is 11.4 Å². The van der Waals surface area contributed by atoms with Gasteiger partial charge in [0, 0.05) is 34.9 Å². The Kier molecular flexibility index (Phi) is 6.11. The molecule has 1 amide bonds. The minimum atomic E-state index is -0.502. The predicted molar refractivity (Wildman–Crippen MR) is 117 cm³/mol. The van der Waals surface area contributed by atoms with E-state index in [-0.39, 0.29) is 29.4 Å². The molecule has 0 spiro atoms. The number of rotatable bonds is 6. The molecule has 0 bridgehead atoms. The molecule has 3 aromatic rings. The first-order valence-electron chi connectivity index (χ1n) is 10.6. The van der Waals surface area contributed by atoms with Crippen molar-refractivity contribution in [3.05, 3.63) is 80.7 Å². The van der Waals surface area contributed by atoms with Gasteiger partial charge in [-0.05, 0) is 43.5 Å². The Hall–Kier alpha value is -4.15. The van der Waals surface area contributed by atoms with E-state index in [4.69, 9.17) is 0 Å². The average molecular weight is 451 g/mol. The van der Waals surface area contributed by atoms with Crippen LogP contribution in [0.3, 0.4) is 0 Å². The fourth-order valence-corrected chi connectivity index (χ4v) is 4.24. The number of non-ortho nitro benzene ring substituents is 2. The quantitative estimate of drug-likeness (QED) is 0.347. The Balaban J connectivity index is 1.59. The number of carbonyl (C=O) groups excluding carboxylic acids is 1. The van der Waals surface area contributed by atoms with Gasteiger partial charge in [0.15, 0.2) is 0 Å². The SMILES string of the molecule is Cn1c[n+](C2CCCCC2NC(=O)c2ccc([N+](=O)[O-])cc2)c(-c2ccc([N+](=O)[O-])cc2)n1. The van der Waals surface area contributed by atoms with Crippen LogP contribution in [0.4, 0.5) is 11.4 Å². The third-order valence-corrected chi connectivity index (χ3v) is 5.87. The lowest BCUT2D eigenvalue weighted by molar-refractivity contribution is -0.718. The molecule has 1 aliphatic carbocycles. The van der Waals surface area contributed by atoms with Crippen molar-refractivity contribution in [2.45, 2.75) is 37.8 Å². The second-order valence-electron chi connectivity index (χ2n) is 8.06. The molecule has 1 N–H and O–H groups in total. The number of hydrogen-bond donors (Lipinski definition) is 1. The molecule has 11 nitrogen and oxygen atoms in total. The summed E-state index contributed by atoms with van der Waals surface area (Å²) in [5, 5.41) is 29.5. The molecule has 33 heavy (non-hydrogen) atoms. The number of amides is 1. The normalized spacial score (nSPS) is 18.0. The lowest BCUT2D eigenvalue weighted by atomic mass is 9.89. The van der Waals surface area contributed by atoms with E-state index in [0.717, 1.165) is 31.2 Å². The summed E-state index contributed by atoms with van der Waals surface area (Å²) >= 11 is 0. The Morgan fingerprint density at radius 3 is 2.18 bits per heavy atom. The number of nitrogens with one attached hydrogen (secondary N) is 1. The van der Waals surface area contributed by atoms with Gasteiger partial charge < -0.3 is 5.32 Å². The van der Waals surface area contributed by atoms with E-state index in [1.807, 2.05) is 10.9 Å². The molecule has 11 heteroatoms. The van der Waals surface area contributed by atoms with Gasteiger partial charge in [-0.2, -0.15) is 0 Å². The van der Waals surface area contributed by atoms with Crippen molar-refractivity contribution in [2.24, 2.45) is 7.05 Å². The number of aryl methyl sites for hydroxylation is 1. The molecule has 0 radical (unpaired) electrons. The standard InChI is InChI=1S/C22H22N6O5/c1-25-14-26(21(24-25)15-6-10-17(11-7-15)27(30)31)20-5-3-2-4-19(20)23-22(29)16-8-12-18(13-9-16)28(32)33/h6-14,19-20H,2-5H2,1H3/p+1. The van der Waals surface area contributed by atoms with Crippen molar-refractivity contribution >= 4 is 17.3 Å². The molecule has 1 aromatic heterocycles. The van der Waals surface area contributed by atoms with Gasteiger partial charge >= 0.3 is 5.82 Å². The van der Waals surface area contributed by atoms with Gasteiger partial charge in [0.2, 0.25) is 6.33 Å². The van der Waals surface area contributed by atoms with Gasteiger partial charge in [-0.1, -0.05) is 6.42 Å². The number of aromatic nitrogens is 3. The second kappa shape index (κ2) is 9.15. The molecule has 0 saturated heterocycles. The molecule has 1 fully saturated rings. The second-order valence-corrected chi connectivity index (χ2v) is 8.06. The van der Waals surface area contributed by atoms with Crippen LogP contribution in [0.15, 0.2) is 54.9 Å². The maximum Gasteiger partial charge on any atom is 0.309 e. The Bertz CT molecular complexity index is 1190. The van der Waals surface area contributed by atoms with Crippen molar-refractivity contribution in [1.29, 1.82) is 0 Å². The Morgan fingerprint density at radius 1 is 1.00 bits per heavy atom. The summed E-state index contributed by atoms with van der Waals surface area (Å²) in [6, 6.07) is 11.6. The number of nitro benzene ring substituents is 2. The zero-order valence-corrected chi connectivity index (χ0v) is 18.0. The van der Waals surface area contributed by atoms with Crippen molar-refractivity contribution < 1.29 is 19.2 Å². The summed E-state index contributed by atoms with van der Waals surface area (Å²) in [7, 11) is 1.80. The highest BCUT2D eigenvalue weighted by molar-refractivity contribution is 5.94. The van der Waals surface area contributed by atoms with Crippen LogP contribution in [0.1, 0.15) is 42.1 Å². The monoisotopic (exact) mass is 451 g/mol. The molecular formula is C22H23N6O5+. The summed E-state index contributed by atoms with van der Waals surface area (Å²) in [6.07, 6.45) is 5.44. The van der Waals surface area contributed by atoms with Crippen LogP contribution in [-0.2, 0) is 7.05 Å². The predicted octanol–water partition coefficient (Wildman–Crippen LogP) is 3.10. The first-order valence-corrected chi connectivity index (χ1v) is 10.6. The van der Waals surface area contributed by atoms with Crippen molar-refractivity contribution in [3.63, 3.8) is 0 Å². The van der Waals surface area contributed by atoms with Gasteiger partial charge in [0.25, 0.3) is 17.3 Å². The third kappa shape index (κ3) is 4.71. The first kappa shape index (κ1) is 22.1. The summed E-state index contributed by atoms with van der Waals surface area (Å²) in [4.78, 5) is 33.8. The molecule has 0 aliphatic heterocycles. The molecular weight excluding hydrogens is 428 g/mol. The average Bonchev–Trinajstić information content (AvgIpc) is 3.21. The van der Waals surface area contributed by atoms with Crippen LogP contribution in [0.25, 0.3) is 11.4 Å². The summed E-state index contributed by atoms with van der Waals surface area (Å²) in [6.45, 7) is 0. The zero-order valence-electron chi connectivity index (χ0n) is 18.0. The number of nitro groups is 2. The fourth-order valence-electron chi connectivity index (χ4n) is 4.24. The van der Waals surface area contributed by atoms with Crippen LogP contribution in [-0.4, -0.2) is 31.6 Å². The largest absolute Gasteiger partial charge is 0.346 e. The summed E-state index contributed by atoms with van der Waals surface area (Å²) < 4.78 is 3.70. The van der Waals surface area contributed by atoms with E-state index in [0.29, 0.717) is 11.4 Å². The van der Waals surface area contributed by atoms with Crippen molar-refractivity contribution in [2.75, 3.05) is 0 Å². The zero-order chi connectivity index (χ0) is 23.5. The van der Waals surface area contributed by atoms with Crippen molar-refractivity contribution in [1.82, 2.24) is 15.1 Å². The van der Waals surface area contributed by atoms with Crippen LogP contribution < -0.4 is 9.88 Å². The van der Waals surface area contributed by atoms with Gasteiger partial charge in [-0.25, -0.2) is 4.57 Å². The molecule has 1 heterocycles. The minimum absolute atomic E-state index is 0.00661. The molecule has 1 aliphatic rings. The molecule has 2 atom stereocenters. The number of hydrogen-bond acceptors (Lipinski definition) is 6. The van der Waals surface area contributed by atoms with E-state index in [2.05, 4.69) is 10.4 Å². The van der Waals surface area contributed by atoms with E-state index < -0.39 is 9.85 Å². The van der Waals surface area contributed by atoms with Gasteiger partial charge in [0.1, 0.15) is 6.04 Å². The number of nitrogens with zero attached hydrogens (tertiary/aromatic N) is 5. The summed E-state index contributed by atoms with van der Waals surface area (Å²) in [5.74, 6) is 0.372. The third-order valence-electron chi connectivity index (χ3n) is 5.87. The summed E-state index contributed by atoms with van der Waals surface area (Å²) in [5.41, 5.74) is 1.04. The highest BCUT2D eigenvalue weighted by Crippen LogP contribution is 2.28. The molecule has 2 unspecified atom stereocenters. The molecule has 1 saturated carbocycles. The lowest BCUT2D eigenvalue weighted by Gasteiger charge is -2.31. The van der Waals surface area contributed by atoms with Crippen LogP contribution in [0.5, 0.6) is 0 Å². The molecule has 2 aromatic carbocycles. The smallest absolute Gasteiger partial charge is 0.309 e. The van der Waals surface area contributed by atoms with E-state index in [1.54, 1.807) is 23.9 Å². The Morgan fingerprint density at radius 2 is 1.58 bits per heavy atom. The van der Waals surface area contributed by atoms with Crippen LogP contribution in [0.2, 0.25) is 0 Å². The number of carbonyl (C=O) groups is 1. The maximum absolute atomic E-state index is 12.9.